The van der Waals surface area contributed by atoms with Crippen LogP contribution in [0.3, 0.4) is 0 Å². The summed E-state index contributed by atoms with van der Waals surface area (Å²) in [7, 11) is 0. The third-order valence-electron chi connectivity index (χ3n) is 4.87. The van der Waals surface area contributed by atoms with Crippen molar-refractivity contribution in [3.05, 3.63) is 100 Å². The highest BCUT2D eigenvalue weighted by atomic mass is 19.1. The zero-order chi connectivity index (χ0) is 21.1. The van der Waals surface area contributed by atoms with E-state index in [9.17, 15) is 14.0 Å². The topological polar surface area (TPSA) is 56.5 Å². The Morgan fingerprint density at radius 2 is 1.73 bits per heavy atom. The Kier molecular flexibility index (Phi) is 5.44. The molecule has 0 saturated heterocycles. The number of ether oxygens (including phenoxy) is 1. The number of hydrogen-bond acceptors (Lipinski definition) is 4. The molecule has 0 amide bonds. The van der Waals surface area contributed by atoms with Crippen LogP contribution in [-0.2, 0) is 11.2 Å². The Bertz CT molecular complexity index is 1260. The maximum absolute atomic E-state index is 13.0. The molecule has 0 saturated carbocycles. The van der Waals surface area contributed by atoms with Crippen molar-refractivity contribution < 1.29 is 18.3 Å². The van der Waals surface area contributed by atoms with Crippen LogP contribution in [0.1, 0.15) is 17.7 Å². The van der Waals surface area contributed by atoms with E-state index in [1.54, 1.807) is 37.3 Å². The average Bonchev–Trinajstić information content (AvgIpc) is 2.74. The molecule has 30 heavy (non-hydrogen) atoms. The second kappa shape index (κ2) is 8.33. The van der Waals surface area contributed by atoms with Crippen LogP contribution in [0, 0.1) is 12.7 Å². The molecule has 0 spiro atoms. The van der Waals surface area contributed by atoms with Gasteiger partial charge < -0.3 is 9.15 Å². The minimum Gasteiger partial charge on any atom is -0.460 e. The van der Waals surface area contributed by atoms with Crippen LogP contribution < -0.4 is 10.2 Å². The number of fused-ring (bicyclic) bond motifs is 1. The van der Waals surface area contributed by atoms with Crippen molar-refractivity contribution in [3.63, 3.8) is 0 Å². The van der Waals surface area contributed by atoms with E-state index in [0.717, 1.165) is 11.1 Å². The first-order valence-electron chi connectivity index (χ1n) is 9.59. The van der Waals surface area contributed by atoms with E-state index in [1.165, 1.54) is 12.1 Å². The highest BCUT2D eigenvalue weighted by Crippen LogP contribution is 2.26. The molecular formula is C25H19FO4. The Balaban J connectivity index is 1.54. The lowest BCUT2D eigenvalue weighted by atomic mass is 10.0. The predicted molar refractivity (Wildman–Crippen MR) is 113 cm³/mol. The quantitative estimate of drug-likeness (QED) is 0.329. The van der Waals surface area contributed by atoms with Crippen molar-refractivity contribution in [2.75, 3.05) is 0 Å². The molecule has 0 aliphatic carbocycles. The molecule has 0 bridgehead atoms. The first kappa shape index (κ1) is 19.6. The monoisotopic (exact) mass is 402 g/mol. The standard InChI is InChI=1S/C25H19FO4/c1-16-24(18-5-3-2-4-6-18)25(28)21-13-12-20(15-22(21)29-16)30-23(27)14-9-17-7-10-19(26)11-8-17/h2-8,10-13,15H,9,14H2,1H3. The van der Waals surface area contributed by atoms with Gasteiger partial charge in [0.15, 0.2) is 0 Å². The number of carbonyl (C=O) groups is 1. The molecule has 150 valence electrons. The fraction of sp³-hybridized carbons (Fsp3) is 0.120. The number of carbonyl (C=O) groups excluding carboxylic acids is 1. The summed E-state index contributed by atoms with van der Waals surface area (Å²) in [6.07, 6.45) is 0.598. The van der Waals surface area contributed by atoms with Crippen LogP contribution in [-0.4, -0.2) is 5.97 Å². The first-order chi connectivity index (χ1) is 14.5. The van der Waals surface area contributed by atoms with E-state index < -0.39 is 5.97 Å². The number of hydrogen-bond donors (Lipinski definition) is 0. The normalized spacial score (nSPS) is 10.9. The van der Waals surface area contributed by atoms with Gasteiger partial charge in [-0.15, -0.1) is 0 Å². The third-order valence-corrected chi connectivity index (χ3v) is 4.87. The summed E-state index contributed by atoms with van der Waals surface area (Å²) in [6.45, 7) is 1.74. The van der Waals surface area contributed by atoms with E-state index in [1.807, 2.05) is 30.3 Å². The highest BCUT2D eigenvalue weighted by Gasteiger charge is 2.15. The smallest absolute Gasteiger partial charge is 0.311 e. The lowest BCUT2D eigenvalue weighted by Gasteiger charge is -2.09. The lowest BCUT2D eigenvalue weighted by molar-refractivity contribution is -0.134. The summed E-state index contributed by atoms with van der Waals surface area (Å²) in [5, 5.41) is 0.422. The van der Waals surface area contributed by atoms with Crippen LogP contribution >= 0.6 is 0 Å². The second-order valence-electron chi connectivity index (χ2n) is 6.99. The summed E-state index contributed by atoms with van der Waals surface area (Å²) < 4.78 is 24.2. The largest absolute Gasteiger partial charge is 0.460 e. The van der Waals surface area contributed by atoms with Crippen molar-refractivity contribution in [2.45, 2.75) is 19.8 Å². The molecule has 0 N–H and O–H groups in total. The maximum atomic E-state index is 13.0. The Labute approximate surface area is 172 Å². The SMILES string of the molecule is Cc1oc2cc(OC(=O)CCc3ccc(F)cc3)ccc2c(=O)c1-c1ccccc1. The molecule has 4 nitrogen and oxygen atoms in total. The van der Waals surface area contributed by atoms with Gasteiger partial charge in [-0.05, 0) is 48.7 Å². The zero-order valence-electron chi connectivity index (χ0n) is 16.4. The number of esters is 1. The molecule has 1 heterocycles. The summed E-state index contributed by atoms with van der Waals surface area (Å²) in [5.74, 6) is 0.0726. The number of rotatable bonds is 5. The summed E-state index contributed by atoms with van der Waals surface area (Å²) in [5.41, 5.74) is 2.39. The van der Waals surface area contributed by atoms with Crippen molar-refractivity contribution in [1.29, 1.82) is 0 Å². The number of halogens is 1. The van der Waals surface area contributed by atoms with Crippen LogP contribution in [0.25, 0.3) is 22.1 Å². The molecular weight excluding hydrogens is 383 g/mol. The molecule has 0 aliphatic rings. The summed E-state index contributed by atoms with van der Waals surface area (Å²) in [6, 6.07) is 20.1. The van der Waals surface area contributed by atoms with Crippen LogP contribution in [0.2, 0.25) is 0 Å². The molecule has 4 aromatic rings. The molecule has 0 atom stereocenters. The molecule has 1 aromatic heterocycles. The van der Waals surface area contributed by atoms with Crippen molar-refractivity contribution in [2.24, 2.45) is 0 Å². The van der Waals surface area contributed by atoms with Gasteiger partial charge in [0.05, 0.1) is 10.9 Å². The van der Waals surface area contributed by atoms with Gasteiger partial charge in [-0.25, -0.2) is 4.39 Å². The Morgan fingerprint density at radius 3 is 2.47 bits per heavy atom. The Hall–Kier alpha value is -3.73. The zero-order valence-corrected chi connectivity index (χ0v) is 16.4. The molecule has 0 fully saturated rings. The van der Waals surface area contributed by atoms with E-state index in [-0.39, 0.29) is 17.7 Å². The number of benzene rings is 3. The van der Waals surface area contributed by atoms with Crippen LogP contribution in [0.15, 0.2) is 82.0 Å². The van der Waals surface area contributed by atoms with E-state index in [0.29, 0.717) is 34.5 Å². The molecule has 0 radical (unpaired) electrons. The molecule has 0 unspecified atom stereocenters. The van der Waals surface area contributed by atoms with Crippen molar-refractivity contribution >= 4 is 16.9 Å². The minimum absolute atomic E-state index is 0.130. The van der Waals surface area contributed by atoms with Gasteiger partial charge in [0.2, 0.25) is 5.43 Å². The molecule has 4 rings (SSSR count). The van der Waals surface area contributed by atoms with Gasteiger partial charge in [-0.2, -0.15) is 0 Å². The third kappa shape index (κ3) is 4.15. The van der Waals surface area contributed by atoms with Gasteiger partial charge in [0.1, 0.15) is 22.9 Å². The van der Waals surface area contributed by atoms with Crippen molar-refractivity contribution in [1.82, 2.24) is 0 Å². The molecule has 0 aliphatic heterocycles. The second-order valence-corrected chi connectivity index (χ2v) is 6.99. The maximum Gasteiger partial charge on any atom is 0.311 e. The van der Waals surface area contributed by atoms with Crippen LogP contribution in [0.5, 0.6) is 5.75 Å². The molecule has 3 aromatic carbocycles. The lowest BCUT2D eigenvalue weighted by Crippen LogP contribution is -2.10. The average molecular weight is 402 g/mol. The predicted octanol–water partition coefficient (Wildman–Crippen LogP) is 5.45. The van der Waals surface area contributed by atoms with Gasteiger partial charge >= 0.3 is 5.97 Å². The van der Waals surface area contributed by atoms with Crippen molar-refractivity contribution in [3.8, 4) is 16.9 Å². The minimum atomic E-state index is -0.418. The summed E-state index contributed by atoms with van der Waals surface area (Å²) in [4.78, 5) is 25.1. The fourth-order valence-electron chi connectivity index (χ4n) is 3.37. The molecule has 5 heteroatoms. The van der Waals surface area contributed by atoms with Crippen LogP contribution in [0.4, 0.5) is 4.39 Å². The highest BCUT2D eigenvalue weighted by molar-refractivity contribution is 5.84. The van der Waals surface area contributed by atoms with E-state index in [4.69, 9.17) is 9.15 Å². The van der Waals surface area contributed by atoms with E-state index >= 15 is 0 Å². The van der Waals surface area contributed by atoms with E-state index in [2.05, 4.69) is 0 Å². The number of aryl methyl sites for hydroxylation is 2. The van der Waals surface area contributed by atoms with Gasteiger partial charge in [0.25, 0.3) is 0 Å². The Morgan fingerprint density at radius 1 is 1.00 bits per heavy atom. The first-order valence-corrected chi connectivity index (χ1v) is 9.59. The summed E-state index contributed by atoms with van der Waals surface area (Å²) >= 11 is 0. The van der Waals surface area contributed by atoms with Gasteiger partial charge in [-0.1, -0.05) is 42.5 Å². The van der Waals surface area contributed by atoms with Gasteiger partial charge in [-0.3, -0.25) is 9.59 Å². The van der Waals surface area contributed by atoms with Gasteiger partial charge in [0, 0.05) is 12.5 Å². The fourth-order valence-corrected chi connectivity index (χ4v) is 3.37.